The number of likely N-dealkylation sites (tertiary alicyclic amines) is 1. The predicted octanol–water partition coefficient (Wildman–Crippen LogP) is 3.52. The monoisotopic (exact) mass is 577 g/mol. The number of amides is 2. The number of anilines is 1. The number of aromatic carboxylic acids is 1. The quantitative estimate of drug-likeness (QED) is 0.362. The second-order valence-electron chi connectivity index (χ2n) is 10.7. The van der Waals surface area contributed by atoms with Crippen molar-refractivity contribution in [2.45, 2.75) is 32.2 Å². The van der Waals surface area contributed by atoms with Gasteiger partial charge in [-0.1, -0.05) is 18.5 Å². The Labute approximate surface area is 242 Å². The number of carbonyl (C=O) groups is 3. The van der Waals surface area contributed by atoms with Crippen molar-refractivity contribution < 1.29 is 19.5 Å². The molecular formula is C29H32ClN7O4. The summed E-state index contributed by atoms with van der Waals surface area (Å²) < 4.78 is 1.49. The Bertz CT molecular complexity index is 1420. The molecule has 3 heterocycles. The molecule has 214 valence electrons. The van der Waals surface area contributed by atoms with Crippen LogP contribution in [0.2, 0.25) is 5.02 Å². The Morgan fingerprint density at radius 1 is 1.10 bits per heavy atom. The Kier molecular flexibility index (Phi) is 8.75. The normalized spacial score (nSPS) is 21.6. The van der Waals surface area contributed by atoms with Gasteiger partial charge in [-0.25, -0.2) is 4.79 Å². The van der Waals surface area contributed by atoms with Crippen molar-refractivity contribution in [2.24, 2.45) is 17.8 Å². The second kappa shape index (κ2) is 12.6. The largest absolute Gasteiger partial charge is 0.478 e. The third kappa shape index (κ3) is 6.63. The molecule has 41 heavy (non-hydrogen) atoms. The zero-order valence-electron chi connectivity index (χ0n) is 22.6. The number of aromatic nitrogens is 4. The molecule has 3 atom stereocenters. The SMILES string of the molecule is CC1CC(C2CCNCC2)CN(C(=O)C=Cc2cc(Cl)ccc2-n2cnnn2)C1C(=O)Nc1ccc(C(=O)O)cc1. The zero-order chi connectivity index (χ0) is 28.9. The van der Waals surface area contributed by atoms with Crippen LogP contribution >= 0.6 is 11.6 Å². The van der Waals surface area contributed by atoms with E-state index in [9.17, 15) is 19.5 Å². The number of piperidine rings is 2. The average Bonchev–Trinajstić information content (AvgIpc) is 3.51. The Morgan fingerprint density at radius 2 is 1.85 bits per heavy atom. The maximum Gasteiger partial charge on any atom is 0.335 e. The van der Waals surface area contributed by atoms with Crippen molar-refractivity contribution in [3.05, 3.63) is 71.0 Å². The molecule has 2 aliphatic heterocycles. The number of nitrogens with one attached hydrogen (secondary N) is 2. The van der Waals surface area contributed by atoms with Crippen LogP contribution in [0.15, 0.2) is 54.9 Å². The van der Waals surface area contributed by atoms with E-state index in [1.54, 1.807) is 41.3 Å². The van der Waals surface area contributed by atoms with Crippen LogP contribution in [-0.4, -0.2) is 73.7 Å². The lowest BCUT2D eigenvalue weighted by molar-refractivity contribution is -0.141. The number of carbonyl (C=O) groups excluding carboxylic acids is 2. The molecule has 3 unspecified atom stereocenters. The summed E-state index contributed by atoms with van der Waals surface area (Å²) in [5.74, 6) is -0.944. The van der Waals surface area contributed by atoms with E-state index in [0.29, 0.717) is 34.4 Å². The molecule has 11 nitrogen and oxygen atoms in total. The van der Waals surface area contributed by atoms with Crippen molar-refractivity contribution in [3.8, 4) is 5.69 Å². The Hall–Kier alpha value is -4.09. The molecule has 0 spiro atoms. The van der Waals surface area contributed by atoms with Crippen LogP contribution in [0, 0.1) is 17.8 Å². The molecule has 0 saturated carbocycles. The molecule has 2 amide bonds. The number of hydrogen-bond donors (Lipinski definition) is 3. The molecule has 5 rings (SSSR count). The highest BCUT2D eigenvalue weighted by atomic mass is 35.5. The summed E-state index contributed by atoms with van der Waals surface area (Å²) >= 11 is 6.25. The summed E-state index contributed by atoms with van der Waals surface area (Å²) in [6.45, 7) is 4.40. The summed E-state index contributed by atoms with van der Waals surface area (Å²) in [4.78, 5) is 40.3. The van der Waals surface area contributed by atoms with Crippen molar-refractivity contribution in [1.82, 2.24) is 30.4 Å². The van der Waals surface area contributed by atoms with Crippen LogP contribution in [0.5, 0.6) is 0 Å². The molecule has 2 aromatic carbocycles. The number of halogens is 1. The van der Waals surface area contributed by atoms with E-state index in [0.717, 1.165) is 32.4 Å². The fourth-order valence-electron chi connectivity index (χ4n) is 5.95. The molecule has 3 N–H and O–H groups in total. The summed E-state index contributed by atoms with van der Waals surface area (Å²) in [7, 11) is 0. The maximum atomic E-state index is 13.8. The fraction of sp³-hybridized carbons (Fsp3) is 0.379. The Morgan fingerprint density at radius 3 is 2.54 bits per heavy atom. The molecular weight excluding hydrogens is 546 g/mol. The predicted molar refractivity (Wildman–Crippen MR) is 154 cm³/mol. The third-order valence-corrected chi connectivity index (χ3v) is 8.21. The van der Waals surface area contributed by atoms with Gasteiger partial charge in [0.15, 0.2) is 0 Å². The summed E-state index contributed by atoms with van der Waals surface area (Å²) in [6.07, 6.45) is 7.52. The highest BCUT2D eigenvalue weighted by Gasteiger charge is 2.42. The van der Waals surface area contributed by atoms with Crippen LogP contribution in [0.25, 0.3) is 11.8 Å². The number of carboxylic acids is 1. The van der Waals surface area contributed by atoms with Gasteiger partial charge in [-0.2, -0.15) is 4.68 Å². The first-order valence-electron chi connectivity index (χ1n) is 13.7. The first-order chi connectivity index (χ1) is 19.8. The van der Waals surface area contributed by atoms with E-state index in [1.165, 1.54) is 29.2 Å². The van der Waals surface area contributed by atoms with E-state index >= 15 is 0 Å². The zero-order valence-corrected chi connectivity index (χ0v) is 23.4. The van der Waals surface area contributed by atoms with Gasteiger partial charge in [0.05, 0.1) is 11.3 Å². The second-order valence-corrected chi connectivity index (χ2v) is 11.1. The van der Waals surface area contributed by atoms with Gasteiger partial charge in [-0.15, -0.1) is 5.10 Å². The first-order valence-corrected chi connectivity index (χ1v) is 14.0. The van der Waals surface area contributed by atoms with Gasteiger partial charge in [-0.3, -0.25) is 9.59 Å². The molecule has 2 aliphatic rings. The van der Waals surface area contributed by atoms with Gasteiger partial charge in [0.25, 0.3) is 0 Å². The van der Waals surface area contributed by atoms with Gasteiger partial charge in [0.1, 0.15) is 12.4 Å². The summed E-state index contributed by atoms with van der Waals surface area (Å²) in [6, 6.07) is 10.5. The number of benzene rings is 2. The van der Waals surface area contributed by atoms with Crippen molar-refractivity contribution in [1.29, 1.82) is 0 Å². The van der Waals surface area contributed by atoms with Gasteiger partial charge in [0, 0.05) is 28.9 Å². The molecule has 0 aliphatic carbocycles. The Balaban J connectivity index is 1.41. The van der Waals surface area contributed by atoms with E-state index in [1.807, 2.05) is 6.92 Å². The summed E-state index contributed by atoms with van der Waals surface area (Å²) in [5, 5.41) is 27.3. The van der Waals surface area contributed by atoms with E-state index in [-0.39, 0.29) is 29.2 Å². The van der Waals surface area contributed by atoms with Crippen LogP contribution in [-0.2, 0) is 9.59 Å². The molecule has 2 fully saturated rings. The van der Waals surface area contributed by atoms with E-state index in [4.69, 9.17) is 11.6 Å². The molecule has 0 radical (unpaired) electrons. The van der Waals surface area contributed by atoms with Crippen molar-refractivity contribution >= 4 is 41.1 Å². The minimum atomic E-state index is -1.04. The van der Waals surface area contributed by atoms with Gasteiger partial charge in [0.2, 0.25) is 11.8 Å². The van der Waals surface area contributed by atoms with Crippen LogP contribution in [0.3, 0.4) is 0 Å². The minimum absolute atomic E-state index is 0.0813. The molecule has 1 aromatic heterocycles. The number of nitrogens with zero attached hydrogens (tertiary/aromatic N) is 5. The topological polar surface area (TPSA) is 142 Å². The van der Waals surface area contributed by atoms with Crippen LogP contribution in [0.4, 0.5) is 5.69 Å². The van der Waals surface area contributed by atoms with Crippen molar-refractivity contribution in [2.75, 3.05) is 25.0 Å². The number of hydrogen-bond acceptors (Lipinski definition) is 7. The molecule has 0 bridgehead atoms. The highest BCUT2D eigenvalue weighted by Crippen LogP contribution is 2.36. The fourth-order valence-corrected chi connectivity index (χ4v) is 6.13. The molecule has 2 saturated heterocycles. The smallest absolute Gasteiger partial charge is 0.335 e. The van der Waals surface area contributed by atoms with Gasteiger partial charge >= 0.3 is 5.97 Å². The van der Waals surface area contributed by atoms with Crippen molar-refractivity contribution in [3.63, 3.8) is 0 Å². The van der Waals surface area contributed by atoms with Crippen LogP contribution in [0.1, 0.15) is 42.1 Å². The maximum absolute atomic E-state index is 13.8. The highest BCUT2D eigenvalue weighted by molar-refractivity contribution is 6.30. The standard InChI is InChI=1S/C29H32ClN7O4/c1-18-14-22(19-10-12-31-13-11-19)16-36(27(18)28(39)33-24-6-2-20(3-7-24)29(40)41)26(38)9-4-21-15-23(30)5-8-25(21)37-17-32-34-35-37/h2-9,15,17-19,22,27,31H,10-14,16H2,1H3,(H,33,39)(H,40,41). The van der Waals surface area contributed by atoms with E-state index < -0.39 is 12.0 Å². The lowest BCUT2D eigenvalue weighted by Gasteiger charge is -2.45. The summed E-state index contributed by atoms with van der Waals surface area (Å²) in [5.41, 5.74) is 1.91. The number of tetrazole rings is 1. The minimum Gasteiger partial charge on any atom is -0.478 e. The molecule has 3 aromatic rings. The number of rotatable bonds is 7. The first kappa shape index (κ1) is 28.4. The number of carboxylic acid groups (broad SMARTS) is 1. The molecule has 12 heteroatoms. The lowest BCUT2D eigenvalue weighted by Crippen LogP contribution is -2.57. The third-order valence-electron chi connectivity index (χ3n) is 7.97. The van der Waals surface area contributed by atoms with Gasteiger partial charge < -0.3 is 20.6 Å². The van der Waals surface area contributed by atoms with Gasteiger partial charge in [-0.05, 0) is 109 Å². The lowest BCUT2D eigenvalue weighted by atomic mass is 9.74. The van der Waals surface area contributed by atoms with E-state index in [2.05, 4.69) is 26.2 Å². The van der Waals surface area contributed by atoms with Crippen LogP contribution < -0.4 is 10.6 Å². The average molecular weight is 578 g/mol.